The molecule has 0 bridgehead atoms. The van der Waals surface area contributed by atoms with Crippen molar-refractivity contribution in [3.8, 4) is 17.4 Å². The van der Waals surface area contributed by atoms with Gasteiger partial charge in [0.25, 0.3) is 0 Å². The van der Waals surface area contributed by atoms with Crippen LogP contribution in [0.4, 0.5) is 0 Å². The number of carbonyl (C=O) groups is 1. The fraction of sp³-hybridized carbons (Fsp3) is 0.0833. The molecular weight excluding hydrogens is 204 g/mol. The van der Waals surface area contributed by atoms with E-state index in [1.807, 2.05) is 30.3 Å². The van der Waals surface area contributed by atoms with Gasteiger partial charge in [-0.3, -0.25) is 4.79 Å². The molecule has 1 heterocycles. The van der Waals surface area contributed by atoms with Crippen molar-refractivity contribution in [2.75, 3.05) is 0 Å². The summed E-state index contributed by atoms with van der Waals surface area (Å²) >= 11 is 0. The summed E-state index contributed by atoms with van der Waals surface area (Å²) in [6, 6.07) is 12.7. The second kappa shape index (κ2) is 4.41. The summed E-state index contributed by atoms with van der Waals surface area (Å²) in [5.41, 5.74) is 1.05. The van der Waals surface area contributed by atoms with Crippen LogP contribution in [0.25, 0.3) is 11.3 Å². The van der Waals surface area contributed by atoms with Gasteiger partial charge in [0.15, 0.2) is 17.2 Å². The molecule has 0 unspecified atom stereocenters. The van der Waals surface area contributed by atoms with E-state index in [1.165, 1.54) is 0 Å². The predicted octanol–water partition coefficient (Wildman–Crippen LogP) is 2.44. The molecule has 78 valence electrons. The molecule has 16 heavy (non-hydrogen) atoms. The quantitative estimate of drug-likeness (QED) is 0.733. The lowest BCUT2D eigenvalue weighted by atomic mass is 10.1. The molecule has 4 nitrogen and oxygen atoms in total. The van der Waals surface area contributed by atoms with Crippen molar-refractivity contribution in [3.63, 3.8) is 0 Å². The number of hydrogen-bond acceptors (Lipinski definition) is 4. The maximum absolute atomic E-state index is 11.3. The highest BCUT2D eigenvalue weighted by Crippen LogP contribution is 2.20. The Kier molecular flexibility index (Phi) is 2.79. The molecule has 0 amide bonds. The third-order valence-corrected chi connectivity index (χ3v) is 2.09. The first-order valence-electron chi connectivity index (χ1n) is 4.73. The Labute approximate surface area is 92.1 Å². The third-order valence-electron chi connectivity index (χ3n) is 2.09. The van der Waals surface area contributed by atoms with Crippen LogP contribution in [-0.4, -0.2) is 10.9 Å². The Hall–Kier alpha value is -2.41. The lowest BCUT2D eigenvalue weighted by Crippen LogP contribution is -1.96. The van der Waals surface area contributed by atoms with Gasteiger partial charge in [-0.1, -0.05) is 35.5 Å². The normalized spacial score (nSPS) is 9.69. The van der Waals surface area contributed by atoms with Crippen LogP contribution in [-0.2, 0) is 0 Å². The number of hydrogen-bond donors (Lipinski definition) is 0. The molecule has 2 aromatic rings. The van der Waals surface area contributed by atoms with Crippen LogP contribution in [0.5, 0.6) is 0 Å². The van der Waals surface area contributed by atoms with Crippen molar-refractivity contribution in [3.05, 3.63) is 42.1 Å². The van der Waals surface area contributed by atoms with Crippen LogP contribution >= 0.6 is 0 Å². The number of Topliss-reactive ketones (excluding diaryl/α,β-unsaturated/α-hetero) is 1. The maximum atomic E-state index is 11.3. The Morgan fingerprint density at radius 2 is 2.12 bits per heavy atom. The maximum Gasteiger partial charge on any atom is 0.198 e. The zero-order chi connectivity index (χ0) is 11.4. The minimum absolute atomic E-state index is 0.180. The van der Waals surface area contributed by atoms with E-state index >= 15 is 0 Å². The first-order valence-corrected chi connectivity index (χ1v) is 4.73. The number of aromatic nitrogens is 1. The van der Waals surface area contributed by atoms with E-state index in [9.17, 15) is 4.79 Å². The second-order valence-corrected chi connectivity index (χ2v) is 3.20. The molecule has 0 atom stereocenters. The number of nitrogens with zero attached hydrogens (tertiary/aromatic N) is 2. The van der Waals surface area contributed by atoms with E-state index in [2.05, 4.69) is 5.16 Å². The van der Waals surface area contributed by atoms with Crippen LogP contribution in [0.2, 0.25) is 0 Å². The lowest BCUT2D eigenvalue weighted by molar-refractivity contribution is 0.0989. The summed E-state index contributed by atoms with van der Waals surface area (Å²) in [6.45, 7) is 0. The van der Waals surface area contributed by atoms with Gasteiger partial charge in [-0.15, -0.1) is 0 Å². The van der Waals surface area contributed by atoms with Gasteiger partial charge < -0.3 is 4.52 Å². The monoisotopic (exact) mass is 212 g/mol. The molecule has 0 aliphatic carbocycles. The number of carbonyl (C=O) groups excluding carboxylic acids is 1. The number of ketones is 1. The molecule has 0 spiro atoms. The summed E-state index contributed by atoms with van der Waals surface area (Å²) in [4.78, 5) is 11.3. The largest absolute Gasteiger partial charge is 0.356 e. The topological polar surface area (TPSA) is 66.9 Å². The standard InChI is InChI=1S/C12H8N2O2/c13-7-6-11(15)10-8-12(16-14-10)9-4-2-1-3-5-9/h1-5,8H,6H2. The minimum Gasteiger partial charge on any atom is -0.356 e. The zero-order valence-electron chi connectivity index (χ0n) is 8.38. The van der Waals surface area contributed by atoms with Gasteiger partial charge in [-0.2, -0.15) is 5.26 Å². The molecule has 0 fully saturated rings. The summed E-state index contributed by atoms with van der Waals surface area (Å²) in [5.74, 6) is 0.204. The lowest BCUT2D eigenvalue weighted by Gasteiger charge is -1.91. The van der Waals surface area contributed by atoms with Gasteiger partial charge in [0.2, 0.25) is 0 Å². The van der Waals surface area contributed by atoms with E-state index in [0.717, 1.165) is 5.56 Å². The highest BCUT2D eigenvalue weighted by atomic mass is 16.5. The Morgan fingerprint density at radius 3 is 2.81 bits per heavy atom. The van der Waals surface area contributed by atoms with E-state index in [-0.39, 0.29) is 17.9 Å². The van der Waals surface area contributed by atoms with Crippen LogP contribution in [0.1, 0.15) is 16.9 Å². The van der Waals surface area contributed by atoms with E-state index in [4.69, 9.17) is 9.78 Å². The summed E-state index contributed by atoms with van der Waals surface area (Å²) in [7, 11) is 0. The van der Waals surface area contributed by atoms with E-state index < -0.39 is 0 Å². The van der Waals surface area contributed by atoms with E-state index in [1.54, 1.807) is 12.1 Å². The molecule has 1 aromatic heterocycles. The summed E-state index contributed by atoms with van der Waals surface area (Å²) in [5, 5.41) is 12.0. The van der Waals surface area contributed by atoms with Gasteiger partial charge in [-0.25, -0.2) is 0 Å². The first kappa shape index (κ1) is 10.1. The highest BCUT2D eigenvalue weighted by molar-refractivity contribution is 5.96. The van der Waals surface area contributed by atoms with Crippen LogP contribution in [0.15, 0.2) is 40.9 Å². The second-order valence-electron chi connectivity index (χ2n) is 3.20. The van der Waals surface area contributed by atoms with Crippen molar-refractivity contribution in [2.45, 2.75) is 6.42 Å². The predicted molar refractivity (Wildman–Crippen MR) is 56.5 cm³/mol. The Morgan fingerprint density at radius 1 is 1.38 bits per heavy atom. The molecule has 0 saturated carbocycles. The number of benzene rings is 1. The number of rotatable bonds is 3. The van der Waals surface area contributed by atoms with Crippen molar-refractivity contribution in [1.29, 1.82) is 5.26 Å². The van der Waals surface area contributed by atoms with Gasteiger partial charge in [-0.05, 0) is 0 Å². The number of nitriles is 1. The summed E-state index contributed by atoms with van der Waals surface area (Å²) in [6.07, 6.45) is -0.180. The summed E-state index contributed by atoms with van der Waals surface area (Å²) < 4.78 is 5.04. The highest BCUT2D eigenvalue weighted by Gasteiger charge is 2.12. The smallest absolute Gasteiger partial charge is 0.198 e. The molecule has 0 saturated heterocycles. The van der Waals surface area contributed by atoms with Gasteiger partial charge in [0, 0.05) is 11.6 Å². The molecule has 0 aliphatic heterocycles. The fourth-order valence-corrected chi connectivity index (χ4v) is 1.31. The van der Waals surface area contributed by atoms with Gasteiger partial charge >= 0.3 is 0 Å². The van der Waals surface area contributed by atoms with Crippen molar-refractivity contribution in [2.24, 2.45) is 0 Å². The van der Waals surface area contributed by atoms with Crippen LogP contribution in [0, 0.1) is 11.3 Å². The first-order chi connectivity index (χ1) is 7.81. The van der Waals surface area contributed by atoms with Crippen molar-refractivity contribution in [1.82, 2.24) is 5.16 Å². The molecule has 1 aromatic carbocycles. The van der Waals surface area contributed by atoms with Gasteiger partial charge in [0.1, 0.15) is 6.42 Å². The molecule has 0 N–H and O–H groups in total. The molecule has 0 aliphatic rings. The van der Waals surface area contributed by atoms with Crippen molar-refractivity contribution >= 4 is 5.78 Å². The van der Waals surface area contributed by atoms with Crippen LogP contribution in [0.3, 0.4) is 0 Å². The Bertz CT molecular complexity index is 538. The molecule has 2 rings (SSSR count). The minimum atomic E-state index is -0.326. The molecule has 4 heteroatoms. The fourth-order valence-electron chi connectivity index (χ4n) is 1.31. The van der Waals surface area contributed by atoms with Crippen LogP contribution < -0.4 is 0 Å². The average Bonchev–Trinajstić information content (AvgIpc) is 2.80. The molecular formula is C12H8N2O2. The van der Waals surface area contributed by atoms with E-state index in [0.29, 0.717) is 5.76 Å². The average molecular weight is 212 g/mol. The SMILES string of the molecule is N#CCC(=O)c1cc(-c2ccccc2)on1. The van der Waals surface area contributed by atoms with Gasteiger partial charge in [0.05, 0.1) is 6.07 Å². The third kappa shape index (κ3) is 1.98. The molecule has 0 radical (unpaired) electrons. The Balaban J connectivity index is 2.27. The van der Waals surface area contributed by atoms with Crippen molar-refractivity contribution < 1.29 is 9.32 Å². The zero-order valence-corrected chi connectivity index (χ0v) is 8.38.